The van der Waals surface area contributed by atoms with Gasteiger partial charge in [-0.15, -0.1) is 0 Å². The number of fused-ring (bicyclic) bond motifs is 2. The number of methoxy groups -OCH3 is 1. The van der Waals surface area contributed by atoms with Crippen LogP contribution in [0.2, 0.25) is 0 Å². The van der Waals surface area contributed by atoms with Crippen LogP contribution >= 0.6 is 0 Å². The van der Waals surface area contributed by atoms with Crippen LogP contribution in [0, 0.1) is 23.3 Å². The number of hydrogen-bond donors (Lipinski definition) is 4. The fraction of sp³-hybridized carbons (Fsp3) is 0.378. The van der Waals surface area contributed by atoms with Crippen LogP contribution in [0.1, 0.15) is 76.8 Å². The third kappa shape index (κ3) is 12.3. The zero-order valence-electron chi connectivity index (χ0n) is 38.1. The van der Waals surface area contributed by atoms with E-state index in [4.69, 9.17) is 9.29 Å². The van der Waals surface area contributed by atoms with E-state index in [0.717, 1.165) is 0 Å². The number of esters is 1. The predicted molar refractivity (Wildman–Crippen MR) is 248 cm³/mol. The lowest BCUT2D eigenvalue weighted by Crippen LogP contribution is -2.33. The minimum absolute atomic E-state index is 0.0290. The summed E-state index contributed by atoms with van der Waals surface area (Å²) in [5, 5.41) is 0. The second-order valence-corrected chi connectivity index (χ2v) is 22.5. The van der Waals surface area contributed by atoms with E-state index in [9.17, 15) is 69.7 Å². The number of nitrogens with zero attached hydrogens (tertiary/aromatic N) is 2. The van der Waals surface area contributed by atoms with Gasteiger partial charge < -0.3 is 14.4 Å². The molecule has 5 rings (SSSR count). The molecule has 2 unspecified atom stereocenters. The molecule has 2 atom stereocenters. The van der Waals surface area contributed by atoms with Crippen molar-refractivity contribution < 1.29 is 88.3 Å². The van der Waals surface area contributed by atoms with E-state index in [1.807, 2.05) is 30.2 Å². The second kappa shape index (κ2) is 21.7. The molecule has 0 saturated heterocycles. The highest BCUT2D eigenvalue weighted by Crippen LogP contribution is 2.51. The van der Waals surface area contributed by atoms with Crippen molar-refractivity contribution in [1.29, 1.82) is 0 Å². The predicted octanol–water partition coefficient (Wildman–Crippen LogP) is 7.56. The molecule has 3 aromatic rings. The van der Waals surface area contributed by atoms with Gasteiger partial charge in [-0.1, -0.05) is 30.4 Å². The fourth-order valence-corrected chi connectivity index (χ4v) is 10.8. The van der Waals surface area contributed by atoms with Crippen LogP contribution in [0.3, 0.4) is 0 Å². The molecule has 0 aromatic heterocycles. The van der Waals surface area contributed by atoms with E-state index < -0.39 is 103 Å². The van der Waals surface area contributed by atoms with Gasteiger partial charge in [-0.2, -0.15) is 47.0 Å². The van der Waals surface area contributed by atoms with E-state index in [1.165, 1.54) is 37.4 Å². The molecule has 0 radical (unpaired) electrons. The third-order valence-electron chi connectivity index (χ3n) is 12.1. The Morgan fingerprint density at radius 1 is 0.714 bits per heavy atom. The standard InChI is InChI=1S/C45H50F4N2O15S4/c1-5-50-33-20-18-29(68(56,57)58)27-31(33)44(2,22-14-26-67(53,54)55)35(50)15-10-7-6-8-11-16-36-45(3,23-25-65-4)32-28-30(69(59,60)61)19-21-34(32)51(36)24-13-9-12-17-37(52)66-42-38(46)40(48)43(70(62,63)64)41(49)39(42)47/h6-8,10-11,15-16,18-21,27-28H,5,9,12-14,17,22-26H2,1-4H3,(H3-,53,54,55,56,57,58,59,60,61,62,63,64)/p+1. The van der Waals surface area contributed by atoms with Gasteiger partial charge in [0, 0.05) is 67.6 Å². The molecule has 25 heteroatoms. The summed E-state index contributed by atoms with van der Waals surface area (Å²) in [5.74, 6) is -13.3. The van der Waals surface area contributed by atoms with Gasteiger partial charge in [-0.05, 0) is 94.8 Å². The number of likely N-dealkylation sites (N-methyl/N-ethyl adjacent to an activating group) is 1. The van der Waals surface area contributed by atoms with Crippen LogP contribution in [-0.2, 0) is 60.8 Å². The minimum Gasteiger partial charge on any atom is -0.420 e. The van der Waals surface area contributed by atoms with Gasteiger partial charge >= 0.3 is 16.1 Å². The lowest BCUT2D eigenvalue weighted by Gasteiger charge is -2.30. The first-order chi connectivity index (χ1) is 32.5. The van der Waals surface area contributed by atoms with Gasteiger partial charge in [0.05, 0.1) is 21.0 Å². The maximum atomic E-state index is 14.5. The number of unbranched alkanes of at least 4 members (excludes halogenated alkanes) is 2. The largest absolute Gasteiger partial charge is 0.420 e. The van der Waals surface area contributed by atoms with Crippen molar-refractivity contribution in [2.75, 3.05) is 37.5 Å². The van der Waals surface area contributed by atoms with Crippen molar-refractivity contribution in [2.24, 2.45) is 0 Å². The average molecular weight is 1060 g/mol. The number of anilines is 1. The number of halogens is 4. The van der Waals surface area contributed by atoms with Crippen molar-refractivity contribution in [1.82, 2.24) is 0 Å². The molecule has 17 nitrogen and oxygen atoms in total. The van der Waals surface area contributed by atoms with Crippen molar-refractivity contribution in [3.63, 3.8) is 0 Å². The van der Waals surface area contributed by atoms with E-state index in [1.54, 1.807) is 48.6 Å². The highest BCUT2D eigenvalue weighted by atomic mass is 32.2. The molecular weight excluding hydrogens is 1010 g/mol. The van der Waals surface area contributed by atoms with E-state index in [2.05, 4.69) is 4.74 Å². The van der Waals surface area contributed by atoms with Crippen LogP contribution in [0.4, 0.5) is 28.9 Å². The molecule has 2 heterocycles. The Hall–Kier alpha value is -5.12. The van der Waals surface area contributed by atoms with Crippen LogP contribution in [0.25, 0.3) is 0 Å². The maximum Gasteiger partial charge on any atom is 0.311 e. The first-order valence-corrected chi connectivity index (χ1v) is 27.3. The topological polar surface area (TPSA) is 259 Å². The number of allylic oxidation sites excluding steroid dienone is 8. The van der Waals surface area contributed by atoms with Crippen LogP contribution in [0.5, 0.6) is 5.75 Å². The Morgan fingerprint density at radius 3 is 1.87 bits per heavy atom. The van der Waals surface area contributed by atoms with Crippen molar-refractivity contribution in [2.45, 2.75) is 91.2 Å². The summed E-state index contributed by atoms with van der Waals surface area (Å²) >= 11 is 0. The van der Waals surface area contributed by atoms with Crippen molar-refractivity contribution in [3.05, 3.63) is 119 Å². The number of carbonyl (C=O) groups excluding carboxylic acids is 1. The molecule has 2 aliphatic rings. The number of benzene rings is 3. The van der Waals surface area contributed by atoms with Crippen LogP contribution < -0.4 is 9.64 Å². The van der Waals surface area contributed by atoms with Crippen LogP contribution in [0.15, 0.2) is 99.3 Å². The molecule has 0 bridgehead atoms. The quantitative estimate of drug-likeness (QED) is 0.0111. The molecule has 0 saturated carbocycles. The van der Waals surface area contributed by atoms with E-state index >= 15 is 0 Å². The summed E-state index contributed by atoms with van der Waals surface area (Å²) in [7, 11) is -17.8. The summed E-state index contributed by atoms with van der Waals surface area (Å²) in [6.45, 7) is 6.47. The van der Waals surface area contributed by atoms with Gasteiger partial charge in [-0.25, -0.2) is 8.78 Å². The van der Waals surface area contributed by atoms with Gasteiger partial charge in [0.1, 0.15) is 6.54 Å². The normalized spacial score (nSPS) is 19.4. The maximum absolute atomic E-state index is 14.5. The Balaban J connectivity index is 1.40. The fourth-order valence-electron chi connectivity index (χ4n) is 8.68. The Kier molecular flexibility index (Phi) is 17.3. The molecule has 0 fully saturated rings. The lowest BCUT2D eigenvalue weighted by molar-refractivity contribution is -0.438. The summed E-state index contributed by atoms with van der Waals surface area (Å²) in [5.41, 5.74) is 1.84. The Labute approximate surface area is 403 Å². The number of carbonyl (C=O) groups is 1. The molecule has 2 aliphatic heterocycles. The van der Waals surface area contributed by atoms with Gasteiger partial charge in [0.2, 0.25) is 23.1 Å². The second-order valence-electron chi connectivity index (χ2n) is 16.7. The van der Waals surface area contributed by atoms with Gasteiger partial charge in [0.25, 0.3) is 30.4 Å². The summed E-state index contributed by atoms with van der Waals surface area (Å²) in [6, 6.07) is 8.31. The molecule has 0 amide bonds. The monoisotopic (exact) mass is 1060 g/mol. The zero-order valence-corrected chi connectivity index (χ0v) is 41.4. The molecule has 382 valence electrons. The smallest absolute Gasteiger partial charge is 0.311 e. The Morgan fingerprint density at radius 2 is 1.30 bits per heavy atom. The highest BCUT2D eigenvalue weighted by molar-refractivity contribution is 7.86. The highest BCUT2D eigenvalue weighted by Gasteiger charge is 2.48. The van der Waals surface area contributed by atoms with E-state index in [-0.39, 0.29) is 48.6 Å². The van der Waals surface area contributed by atoms with Crippen molar-refractivity contribution in [3.8, 4) is 5.75 Å². The first kappa shape index (κ1) is 55.8. The van der Waals surface area contributed by atoms with Gasteiger partial charge in [0.15, 0.2) is 22.2 Å². The Bertz CT molecular complexity index is 3150. The summed E-state index contributed by atoms with van der Waals surface area (Å²) in [6.07, 6.45) is 12.9. The lowest BCUT2D eigenvalue weighted by atomic mass is 9.76. The molecule has 3 aromatic carbocycles. The molecular formula is C45H51F4N2O15S4+. The number of ether oxygens (including phenoxy) is 2. The first-order valence-electron chi connectivity index (χ1n) is 21.4. The average Bonchev–Trinajstić information content (AvgIpc) is 3.64. The summed E-state index contributed by atoms with van der Waals surface area (Å²) in [4.78, 5) is 11.5. The molecule has 0 aliphatic carbocycles. The summed E-state index contributed by atoms with van der Waals surface area (Å²) < 4.78 is 202. The minimum atomic E-state index is -5.73. The molecule has 4 N–H and O–H groups in total. The third-order valence-corrected chi connectivity index (χ3v) is 15.5. The van der Waals surface area contributed by atoms with Gasteiger partial charge in [-0.3, -0.25) is 23.0 Å². The molecule has 70 heavy (non-hydrogen) atoms. The van der Waals surface area contributed by atoms with Crippen LogP contribution in [-0.4, -0.2) is 101 Å². The van der Waals surface area contributed by atoms with Crippen molar-refractivity contribution >= 4 is 63.5 Å². The number of rotatable bonds is 22. The zero-order chi connectivity index (χ0) is 52.2. The van der Waals surface area contributed by atoms with E-state index in [0.29, 0.717) is 53.3 Å². The molecule has 0 spiro atoms. The SMILES string of the molecule is CCN1/C(=C/C=C/C=C/C=C/C2=[N+](CCCCCC(=O)Oc3c(F)c(F)c(S(=O)(=O)O)c(F)c3F)c3ccc(S(=O)(=O)O)cc3C2(C)CCOC)C(C)(CCCS(=O)(=O)O)c2cc(S(=O)(=O)O)ccc21. The number of hydrogen-bond acceptors (Lipinski definition) is 12.